The molecule has 0 radical (unpaired) electrons. The molecule has 1 amide bonds. The van der Waals surface area contributed by atoms with Crippen LogP contribution in [0.2, 0.25) is 0 Å². The molecule has 2 aromatic carbocycles. The summed E-state index contributed by atoms with van der Waals surface area (Å²) in [6, 6.07) is 19.3. The van der Waals surface area contributed by atoms with Crippen LogP contribution < -0.4 is 10.2 Å². The van der Waals surface area contributed by atoms with Crippen LogP contribution in [0.15, 0.2) is 65.8 Å². The van der Waals surface area contributed by atoms with Gasteiger partial charge in [0.2, 0.25) is 5.72 Å². The van der Waals surface area contributed by atoms with E-state index >= 15 is 0 Å². The number of ether oxygens (including phenoxy) is 1. The second kappa shape index (κ2) is 6.92. The Bertz CT molecular complexity index is 969. The molecule has 3 aromatic rings. The van der Waals surface area contributed by atoms with Crippen LogP contribution in [0.3, 0.4) is 0 Å². The number of hydrazine groups is 1. The Hall–Kier alpha value is -3.06. The number of benzene rings is 2. The summed E-state index contributed by atoms with van der Waals surface area (Å²) in [5.74, 6) is 0.535. The van der Waals surface area contributed by atoms with Crippen LogP contribution in [-0.2, 0) is 4.84 Å². The summed E-state index contributed by atoms with van der Waals surface area (Å²) in [6.07, 6.45) is 0.0334. The minimum absolute atomic E-state index is 0.533. The number of carbonyl (C=O) groups is 1. The highest BCUT2D eigenvalue weighted by Gasteiger charge is 2.42. The van der Waals surface area contributed by atoms with E-state index in [0.717, 1.165) is 15.6 Å². The zero-order valence-electron chi connectivity index (χ0n) is 15.0. The molecule has 0 saturated carbocycles. The molecule has 7 heteroatoms. The second-order valence-electron chi connectivity index (χ2n) is 6.34. The lowest BCUT2D eigenvalue weighted by Gasteiger charge is -2.32. The zero-order chi connectivity index (χ0) is 18.9. The Balaban J connectivity index is 1.54. The number of amidine groups is 1. The first-order valence-corrected chi connectivity index (χ1v) is 9.49. The van der Waals surface area contributed by atoms with Gasteiger partial charge in [-0.05, 0) is 18.4 Å². The first-order chi connectivity index (χ1) is 13.1. The highest BCUT2D eigenvalue weighted by molar-refractivity contribution is 7.20. The fourth-order valence-electron chi connectivity index (χ4n) is 2.82. The van der Waals surface area contributed by atoms with E-state index in [2.05, 4.69) is 10.6 Å². The molecule has 0 fully saturated rings. The maximum absolute atomic E-state index is 12.5. The van der Waals surface area contributed by atoms with Gasteiger partial charge in [-0.15, -0.1) is 0 Å². The fourth-order valence-corrected chi connectivity index (χ4v) is 3.73. The Morgan fingerprint density at radius 1 is 1.22 bits per heavy atom. The minimum atomic E-state index is -0.787. The Kier molecular flexibility index (Phi) is 4.45. The molecule has 1 atom stereocenters. The maximum Gasteiger partial charge on any atom is 0.432 e. The third-order valence-electron chi connectivity index (χ3n) is 4.50. The van der Waals surface area contributed by atoms with E-state index in [-0.39, 0.29) is 0 Å². The molecule has 1 aromatic heterocycles. The Morgan fingerprint density at radius 3 is 2.70 bits per heavy atom. The molecule has 0 bridgehead atoms. The Labute approximate surface area is 161 Å². The van der Waals surface area contributed by atoms with Crippen LogP contribution in [0, 0.1) is 0 Å². The van der Waals surface area contributed by atoms with Crippen molar-refractivity contribution in [1.82, 2.24) is 10.4 Å². The number of nitrogens with one attached hydrogen (secondary N) is 1. The molecule has 1 unspecified atom stereocenters. The molecule has 2 heterocycles. The Morgan fingerprint density at radius 2 is 1.96 bits per heavy atom. The second-order valence-corrected chi connectivity index (χ2v) is 7.39. The predicted octanol–water partition coefficient (Wildman–Crippen LogP) is 4.72. The molecule has 6 nitrogen and oxygen atoms in total. The first kappa shape index (κ1) is 17.4. The van der Waals surface area contributed by atoms with Crippen LogP contribution >= 0.6 is 11.3 Å². The standard InChI is InChI=1S/C20H19N3O3S/c1-3-20(2)23(18(22-26-20)14-9-5-4-6-10-14)21-19(24)25-17-13-15-11-7-8-12-16(15)27-17/h4-13H,3H2,1-2H3,(H,21,24). The highest BCUT2D eigenvalue weighted by atomic mass is 32.1. The smallest absolute Gasteiger partial charge is 0.398 e. The summed E-state index contributed by atoms with van der Waals surface area (Å²) in [5, 5.41) is 7.38. The molecule has 0 spiro atoms. The van der Waals surface area contributed by atoms with E-state index in [9.17, 15) is 4.79 Å². The van der Waals surface area contributed by atoms with E-state index in [1.807, 2.05) is 74.5 Å². The summed E-state index contributed by atoms with van der Waals surface area (Å²) < 4.78 is 6.56. The van der Waals surface area contributed by atoms with Crippen molar-refractivity contribution in [3.63, 3.8) is 0 Å². The van der Waals surface area contributed by atoms with Crippen molar-refractivity contribution in [3.8, 4) is 5.06 Å². The summed E-state index contributed by atoms with van der Waals surface area (Å²) in [6.45, 7) is 3.83. The molecule has 27 heavy (non-hydrogen) atoms. The first-order valence-electron chi connectivity index (χ1n) is 8.68. The number of thiophene rings is 1. The lowest BCUT2D eigenvalue weighted by Crippen LogP contribution is -2.56. The van der Waals surface area contributed by atoms with Crippen LogP contribution in [0.5, 0.6) is 5.06 Å². The van der Waals surface area contributed by atoms with Gasteiger partial charge in [0.25, 0.3) is 0 Å². The summed E-state index contributed by atoms with van der Waals surface area (Å²) in [7, 11) is 0. The van der Waals surface area contributed by atoms with Gasteiger partial charge in [-0.25, -0.2) is 15.2 Å². The number of nitrogens with zero attached hydrogens (tertiary/aromatic N) is 2. The third kappa shape index (κ3) is 3.33. The number of fused-ring (bicyclic) bond motifs is 1. The van der Waals surface area contributed by atoms with Gasteiger partial charge in [-0.1, -0.05) is 71.9 Å². The van der Waals surface area contributed by atoms with Gasteiger partial charge >= 0.3 is 6.09 Å². The monoisotopic (exact) mass is 381 g/mol. The third-order valence-corrected chi connectivity index (χ3v) is 5.49. The zero-order valence-corrected chi connectivity index (χ0v) is 15.8. The van der Waals surface area contributed by atoms with E-state index in [1.54, 1.807) is 5.01 Å². The predicted molar refractivity (Wildman–Crippen MR) is 106 cm³/mol. The molecular weight excluding hydrogens is 362 g/mol. The lowest BCUT2D eigenvalue weighted by molar-refractivity contribution is -0.0998. The van der Waals surface area contributed by atoms with Crippen molar-refractivity contribution in [2.45, 2.75) is 26.0 Å². The lowest BCUT2D eigenvalue weighted by atomic mass is 10.1. The van der Waals surface area contributed by atoms with Gasteiger partial charge in [0.1, 0.15) is 0 Å². The van der Waals surface area contributed by atoms with Crippen molar-refractivity contribution >= 4 is 33.4 Å². The molecule has 1 N–H and O–H groups in total. The molecule has 1 aliphatic heterocycles. The number of hydrogen-bond donors (Lipinski definition) is 1. The van der Waals surface area contributed by atoms with Gasteiger partial charge < -0.3 is 9.57 Å². The van der Waals surface area contributed by atoms with Crippen molar-refractivity contribution in [1.29, 1.82) is 0 Å². The van der Waals surface area contributed by atoms with E-state index in [1.165, 1.54) is 11.3 Å². The molecule has 4 rings (SSSR count). The van der Waals surface area contributed by atoms with Crippen molar-refractivity contribution < 1.29 is 14.4 Å². The molecule has 1 aliphatic rings. The normalized spacial score (nSPS) is 18.9. The summed E-state index contributed by atoms with van der Waals surface area (Å²) in [4.78, 5) is 18.2. The highest BCUT2D eigenvalue weighted by Crippen LogP contribution is 2.32. The summed E-state index contributed by atoms with van der Waals surface area (Å²) >= 11 is 1.42. The minimum Gasteiger partial charge on any atom is -0.398 e. The number of carbonyl (C=O) groups excluding carboxylic acids is 1. The van der Waals surface area contributed by atoms with Crippen molar-refractivity contribution in [3.05, 3.63) is 66.2 Å². The van der Waals surface area contributed by atoms with E-state index in [4.69, 9.17) is 9.57 Å². The van der Waals surface area contributed by atoms with Gasteiger partial charge in [0.05, 0.1) is 0 Å². The average molecular weight is 381 g/mol. The number of amides is 1. The number of oxime groups is 1. The van der Waals surface area contributed by atoms with Crippen molar-refractivity contribution in [2.75, 3.05) is 0 Å². The average Bonchev–Trinajstić information content (AvgIpc) is 3.23. The maximum atomic E-state index is 12.5. The topological polar surface area (TPSA) is 63.2 Å². The largest absolute Gasteiger partial charge is 0.432 e. The summed E-state index contributed by atoms with van der Waals surface area (Å²) in [5.41, 5.74) is 2.84. The van der Waals surface area contributed by atoms with Crippen LogP contribution in [0.4, 0.5) is 4.79 Å². The van der Waals surface area contributed by atoms with Crippen molar-refractivity contribution in [2.24, 2.45) is 5.16 Å². The van der Waals surface area contributed by atoms with E-state index in [0.29, 0.717) is 17.3 Å². The van der Waals surface area contributed by atoms with Gasteiger partial charge in [0.15, 0.2) is 10.9 Å². The molecule has 0 aliphatic carbocycles. The van der Waals surface area contributed by atoms with Gasteiger partial charge in [-0.3, -0.25) is 0 Å². The number of hydrogen-bond acceptors (Lipinski definition) is 6. The molecule has 0 saturated heterocycles. The number of rotatable bonds is 4. The van der Waals surface area contributed by atoms with Gasteiger partial charge in [-0.2, -0.15) is 0 Å². The SMILES string of the molecule is CCC1(C)ON=C(c2ccccc2)N1NC(=O)Oc1cc2ccccc2s1. The molecule has 138 valence electrons. The fraction of sp³-hybridized carbons (Fsp3) is 0.200. The van der Waals surface area contributed by atoms with Crippen LogP contribution in [-0.4, -0.2) is 22.7 Å². The van der Waals surface area contributed by atoms with Crippen LogP contribution in [0.25, 0.3) is 10.1 Å². The van der Waals surface area contributed by atoms with E-state index < -0.39 is 11.8 Å². The van der Waals surface area contributed by atoms with Gasteiger partial charge in [0, 0.05) is 22.8 Å². The quantitative estimate of drug-likeness (QED) is 0.710. The van der Waals surface area contributed by atoms with Crippen LogP contribution in [0.1, 0.15) is 25.8 Å². The molecular formula is C20H19N3O3S.